The molecular weight excluding hydrogens is 472 g/mol. The summed E-state index contributed by atoms with van der Waals surface area (Å²) < 4.78 is 5.95. The van der Waals surface area contributed by atoms with Crippen LogP contribution in [0.3, 0.4) is 0 Å². The second-order valence-corrected chi connectivity index (χ2v) is 9.65. The smallest absolute Gasteiger partial charge is 0.254 e. The number of rotatable bonds is 8. The number of unbranched alkanes of at least 4 members (excludes halogenated alkanes) is 1. The lowest BCUT2D eigenvalue weighted by atomic mass is 9.92. The van der Waals surface area contributed by atoms with E-state index in [0.717, 1.165) is 36.1 Å². The Hall–Kier alpha value is -4.38. The molecule has 0 aliphatic carbocycles. The molecule has 0 spiro atoms. The van der Waals surface area contributed by atoms with Crippen molar-refractivity contribution in [1.82, 2.24) is 4.90 Å². The van der Waals surface area contributed by atoms with Crippen molar-refractivity contribution in [1.29, 1.82) is 0 Å². The van der Waals surface area contributed by atoms with Gasteiger partial charge in [0, 0.05) is 24.2 Å². The number of amides is 2. The number of ether oxygens (including phenoxy) is 1. The van der Waals surface area contributed by atoms with E-state index in [4.69, 9.17) is 4.74 Å². The van der Waals surface area contributed by atoms with Crippen LogP contribution in [0.2, 0.25) is 0 Å². The Bertz CT molecular complexity index is 1400. The lowest BCUT2D eigenvalue weighted by Gasteiger charge is -2.36. The zero-order valence-electron chi connectivity index (χ0n) is 21.6. The van der Waals surface area contributed by atoms with Crippen LogP contribution in [0, 0.1) is 0 Å². The van der Waals surface area contributed by atoms with E-state index in [2.05, 4.69) is 24.4 Å². The first-order valence-electron chi connectivity index (χ1n) is 13.2. The number of fused-ring (bicyclic) bond motifs is 1. The van der Waals surface area contributed by atoms with E-state index >= 15 is 0 Å². The normalized spacial score (nSPS) is 14.4. The Balaban J connectivity index is 1.37. The molecule has 1 aliphatic heterocycles. The molecule has 5 rings (SSSR count). The molecule has 0 radical (unpaired) electrons. The molecule has 0 aromatic heterocycles. The lowest BCUT2D eigenvalue weighted by Crippen LogP contribution is -2.50. The van der Waals surface area contributed by atoms with Crippen LogP contribution in [0.25, 0.3) is 0 Å². The van der Waals surface area contributed by atoms with Gasteiger partial charge in [-0.2, -0.15) is 0 Å². The molecule has 192 valence electrons. The average molecular weight is 505 g/mol. The maximum atomic E-state index is 13.8. The van der Waals surface area contributed by atoms with Gasteiger partial charge in [0.1, 0.15) is 17.5 Å². The van der Waals surface area contributed by atoms with Crippen molar-refractivity contribution in [2.24, 2.45) is 0 Å². The number of nitrogens with zero attached hydrogens (tertiary/aromatic N) is 1. The number of anilines is 1. The van der Waals surface area contributed by atoms with Crippen molar-refractivity contribution in [3.8, 4) is 11.5 Å². The second kappa shape index (κ2) is 11.8. The van der Waals surface area contributed by atoms with Crippen LogP contribution in [-0.2, 0) is 24.2 Å². The van der Waals surface area contributed by atoms with Crippen LogP contribution in [-0.4, -0.2) is 22.8 Å². The molecule has 0 saturated heterocycles. The van der Waals surface area contributed by atoms with Crippen molar-refractivity contribution in [3.05, 3.63) is 125 Å². The van der Waals surface area contributed by atoms with Crippen LogP contribution in [0.5, 0.6) is 11.5 Å². The van der Waals surface area contributed by atoms with Crippen LogP contribution in [0.1, 0.15) is 46.8 Å². The third-order valence-corrected chi connectivity index (χ3v) is 6.91. The molecule has 4 aromatic rings. The number of hydrogen-bond acceptors (Lipinski definition) is 3. The number of hydrogen-bond donors (Lipinski definition) is 1. The van der Waals surface area contributed by atoms with Crippen molar-refractivity contribution >= 4 is 17.5 Å². The fraction of sp³-hybridized carbons (Fsp3) is 0.212. The molecule has 1 heterocycles. The Labute approximate surface area is 224 Å². The van der Waals surface area contributed by atoms with Gasteiger partial charge in [0.25, 0.3) is 5.91 Å². The first kappa shape index (κ1) is 25.3. The van der Waals surface area contributed by atoms with Gasteiger partial charge >= 0.3 is 0 Å². The number of benzene rings is 4. The Morgan fingerprint density at radius 1 is 0.842 bits per heavy atom. The van der Waals surface area contributed by atoms with Gasteiger partial charge in [0.2, 0.25) is 5.91 Å². The molecule has 5 heteroatoms. The van der Waals surface area contributed by atoms with Gasteiger partial charge in [-0.25, -0.2) is 0 Å². The predicted molar refractivity (Wildman–Crippen MR) is 150 cm³/mol. The number of aryl methyl sites for hydroxylation is 1. The summed E-state index contributed by atoms with van der Waals surface area (Å²) in [5.74, 6) is 0.879. The molecule has 2 amide bonds. The molecular formula is C33H32N2O3. The Morgan fingerprint density at radius 3 is 2.32 bits per heavy atom. The van der Waals surface area contributed by atoms with Gasteiger partial charge in [0.15, 0.2) is 0 Å². The average Bonchev–Trinajstić information content (AvgIpc) is 2.96. The highest BCUT2D eigenvalue weighted by Crippen LogP contribution is 2.28. The fourth-order valence-corrected chi connectivity index (χ4v) is 4.81. The van der Waals surface area contributed by atoms with E-state index in [-0.39, 0.29) is 11.8 Å². The highest BCUT2D eigenvalue weighted by Gasteiger charge is 2.35. The molecule has 1 aliphatic rings. The quantitative estimate of drug-likeness (QED) is 0.280. The molecule has 0 saturated carbocycles. The molecule has 1 atom stereocenters. The number of carbonyl (C=O) groups excluding carboxylic acids is 2. The monoisotopic (exact) mass is 504 g/mol. The lowest BCUT2D eigenvalue weighted by molar-refractivity contribution is -0.121. The van der Waals surface area contributed by atoms with Gasteiger partial charge in [0.05, 0.1) is 0 Å². The Morgan fingerprint density at radius 2 is 1.55 bits per heavy atom. The zero-order valence-corrected chi connectivity index (χ0v) is 21.6. The number of carbonyl (C=O) groups is 2. The van der Waals surface area contributed by atoms with Gasteiger partial charge in [-0.15, -0.1) is 0 Å². The van der Waals surface area contributed by atoms with Crippen LogP contribution < -0.4 is 10.1 Å². The van der Waals surface area contributed by atoms with Crippen LogP contribution in [0.15, 0.2) is 103 Å². The fourth-order valence-electron chi connectivity index (χ4n) is 4.81. The maximum Gasteiger partial charge on any atom is 0.254 e. The largest absolute Gasteiger partial charge is 0.457 e. The van der Waals surface area contributed by atoms with E-state index in [0.29, 0.717) is 30.0 Å². The van der Waals surface area contributed by atoms with Crippen molar-refractivity contribution in [3.63, 3.8) is 0 Å². The highest BCUT2D eigenvalue weighted by molar-refractivity contribution is 6.01. The molecule has 5 nitrogen and oxygen atoms in total. The first-order valence-corrected chi connectivity index (χ1v) is 13.2. The number of nitrogens with one attached hydrogen (secondary N) is 1. The highest BCUT2D eigenvalue weighted by atomic mass is 16.5. The molecule has 1 N–H and O–H groups in total. The van der Waals surface area contributed by atoms with Crippen LogP contribution in [0.4, 0.5) is 5.69 Å². The summed E-state index contributed by atoms with van der Waals surface area (Å²) in [5, 5.41) is 3.05. The minimum Gasteiger partial charge on any atom is -0.457 e. The topological polar surface area (TPSA) is 58.6 Å². The summed E-state index contributed by atoms with van der Waals surface area (Å²) >= 11 is 0. The summed E-state index contributed by atoms with van der Waals surface area (Å²) in [5.41, 5.74) is 4.62. The molecule has 0 fully saturated rings. The van der Waals surface area contributed by atoms with E-state index in [1.165, 1.54) is 5.56 Å². The summed E-state index contributed by atoms with van der Waals surface area (Å²) in [6.07, 6.45) is 3.77. The molecule has 38 heavy (non-hydrogen) atoms. The van der Waals surface area contributed by atoms with E-state index in [9.17, 15) is 9.59 Å². The summed E-state index contributed by atoms with van der Waals surface area (Å²) in [6.45, 7) is 2.54. The van der Waals surface area contributed by atoms with Gasteiger partial charge < -0.3 is 15.0 Å². The van der Waals surface area contributed by atoms with Crippen molar-refractivity contribution in [2.45, 2.75) is 45.2 Å². The Kier molecular flexibility index (Phi) is 7.84. The molecule has 4 aromatic carbocycles. The minimum absolute atomic E-state index is 0.189. The van der Waals surface area contributed by atoms with Gasteiger partial charge in [-0.05, 0) is 72.0 Å². The van der Waals surface area contributed by atoms with E-state index in [1.54, 1.807) is 23.1 Å². The van der Waals surface area contributed by atoms with Crippen molar-refractivity contribution in [2.75, 3.05) is 5.32 Å². The SMILES string of the molecule is CCCCc1ccc(NC(=O)[C@H]2Cc3ccccc3CN2C(=O)c2cccc(Oc3ccccc3)c2)cc1. The van der Waals surface area contributed by atoms with E-state index < -0.39 is 6.04 Å². The molecule has 0 unspecified atom stereocenters. The third kappa shape index (κ3) is 5.94. The summed E-state index contributed by atoms with van der Waals surface area (Å²) in [4.78, 5) is 29.1. The minimum atomic E-state index is -0.629. The summed E-state index contributed by atoms with van der Waals surface area (Å²) in [6, 6.07) is 32.0. The first-order chi connectivity index (χ1) is 18.6. The zero-order chi connectivity index (χ0) is 26.3. The van der Waals surface area contributed by atoms with Gasteiger partial charge in [-0.1, -0.05) is 74.0 Å². The maximum absolute atomic E-state index is 13.8. The standard InChI is InChI=1S/C33H32N2O3/c1-2-3-10-24-17-19-28(20-18-24)34-32(36)31-22-25-11-7-8-12-27(25)23-35(31)33(37)26-13-9-16-30(21-26)38-29-14-5-4-6-15-29/h4-9,11-21,31H,2-3,10,22-23H2,1H3,(H,34,36)/t31-/m1/s1. The third-order valence-electron chi connectivity index (χ3n) is 6.91. The predicted octanol–water partition coefficient (Wildman–Crippen LogP) is 7.03. The van der Waals surface area contributed by atoms with E-state index in [1.807, 2.05) is 72.8 Å². The van der Waals surface area contributed by atoms with Crippen LogP contribution >= 0.6 is 0 Å². The molecule has 0 bridgehead atoms. The summed E-state index contributed by atoms with van der Waals surface area (Å²) in [7, 11) is 0. The van der Waals surface area contributed by atoms with Crippen molar-refractivity contribution < 1.29 is 14.3 Å². The number of para-hydroxylation sites is 1. The van der Waals surface area contributed by atoms with Gasteiger partial charge in [-0.3, -0.25) is 9.59 Å². The second-order valence-electron chi connectivity index (χ2n) is 9.65.